The number of aliphatic hydroxyl groups is 1. The van der Waals surface area contributed by atoms with Crippen molar-refractivity contribution in [2.24, 2.45) is 0 Å². The summed E-state index contributed by atoms with van der Waals surface area (Å²) >= 11 is 12.2. The molecule has 1 saturated heterocycles. The van der Waals surface area contributed by atoms with Crippen molar-refractivity contribution in [2.75, 3.05) is 26.3 Å². The number of hydrogen-bond donors (Lipinski definition) is 1. The molecule has 0 saturated carbocycles. The number of β-amino-alcohol motifs (C(OH)–C–C–N with tert-alkyl or cyclic N) is 1. The van der Waals surface area contributed by atoms with Gasteiger partial charge in [-0.2, -0.15) is 0 Å². The van der Waals surface area contributed by atoms with E-state index in [0.29, 0.717) is 27.7 Å². The summed E-state index contributed by atoms with van der Waals surface area (Å²) in [6.45, 7) is 5.03. The molecule has 1 fully saturated rings. The molecule has 3 rings (SSSR count). The smallest absolute Gasteiger partial charge is 0.306 e. The van der Waals surface area contributed by atoms with E-state index in [1.807, 2.05) is 12.1 Å². The first-order valence-electron chi connectivity index (χ1n) is 12.3. The van der Waals surface area contributed by atoms with E-state index in [-0.39, 0.29) is 32.1 Å². The van der Waals surface area contributed by atoms with Gasteiger partial charge >= 0.3 is 5.97 Å². The normalized spacial score (nSPS) is 17.8. The predicted octanol–water partition coefficient (Wildman–Crippen LogP) is 5.91. The summed E-state index contributed by atoms with van der Waals surface area (Å²) in [5, 5.41) is 11.7. The van der Waals surface area contributed by atoms with Crippen molar-refractivity contribution in [1.29, 1.82) is 0 Å². The van der Waals surface area contributed by atoms with E-state index in [4.69, 9.17) is 32.7 Å². The van der Waals surface area contributed by atoms with Gasteiger partial charge in [-0.15, -0.1) is 0 Å². The molecule has 3 atom stereocenters. The highest BCUT2D eigenvalue weighted by Gasteiger charge is 2.27. The van der Waals surface area contributed by atoms with Crippen molar-refractivity contribution in [1.82, 2.24) is 4.90 Å². The molecule has 1 aliphatic rings. The lowest BCUT2D eigenvalue weighted by Crippen LogP contribution is -2.39. The second-order valence-electron chi connectivity index (χ2n) is 9.14. The van der Waals surface area contributed by atoms with Gasteiger partial charge in [0.05, 0.1) is 35.5 Å². The molecular formula is C27H33Cl2F2NO4. The lowest BCUT2D eigenvalue weighted by molar-refractivity contribution is -0.143. The Hall–Kier alpha value is -1.77. The number of carbonyl (C=O) groups is 1. The SMILES string of the molecule is CCOC(=O)CCc1cc(F)c(F)cc1C(C)OC[C@H](O)CN1CCC[C@H]1Cc1ccc(Cl)c(Cl)c1. The number of ether oxygens (including phenoxy) is 2. The Morgan fingerprint density at radius 1 is 1.19 bits per heavy atom. The molecule has 0 spiro atoms. The fourth-order valence-electron chi connectivity index (χ4n) is 4.64. The third-order valence-electron chi connectivity index (χ3n) is 6.46. The molecule has 36 heavy (non-hydrogen) atoms. The van der Waals surface area contributed by atoms with E-state index < -0.39 is 29.8 Å². The van der Waals surface area contributed by atoms with Gasteiger partial charge in [0.2, 0.25) is 0 Å². The number of rotatable bonds is 12. The van der Waals surface area contributed by atoms with Crippen molar-refractivity contribution in [3.63, 3.8) is 0 Å². The highest BCUT2D eigenvalue weighted by Crippen LogP contribution is 2.28. The lowest BCUT2D eigenvalue weighted by Gasteiger charge is -2.28. The van der Waals surface area contributed by atoms with Gasteiger partial charge in [-0.25, -0.2) is 8.78 Å². The van der Waals surface area contributed by atoms with Gasteiger partial charge in [0.25, 0.3) is 0 Å². The second-order valence-corrected chi connectivity index (χ2v) is 9.96. The summed E-state index contributed by atoms with van der Waals surface area (Å²) in [6.07, 6.45) is 1.76. The van der Waals surface area contributed by atoms with Crippen LogP contribution in [-0.4, -0.2) is 54.4 Å². The van der Waals surface area contributed by atoms with Crippen LogP contribution in [0.1, 0.15) is 55.9 Å². The molecule has 198 valence electrons. The Kier molecular flexibility index (Phi) is 10.9. The van der Waals surface area contributed by atoms with Crippen LogP contribution in [0.2, 0.25) is 10.0 Å². The number of carbonyl (C=O) groups excluding carboxylic acids is 1. The van der Waals surface area contributed by atoms with Crippen molar-refractivity contribution in [3.8, 4) is 0 Å². The van der Waals surface area contributed by atoms with Crippen LogP contribution in [0.3, 0.4) is 0 Å². The van der Waals surface area contributed by atoms with Gasteiger partial charge in [-0.1, -0.05) is 29.3 Å². The minimum absolute atomic E-state index is 0.0352. The summed E-state index contributed by atoms with van der Waals surface area (Å²) in [6, 6.07) is 8.10. The summed E-state index contributed by atoms with van der Waals surface area (Å²) in [5.41, 5.74) is 2.02. The van der Waals surface area contributed by atoms with Crippen molar-refractivity contribution >= 4 is 29.2 Å². The summed E-state index contributed by atoms with van der Waals surface area (Å²) in [4.78, 5) is 14.0. The van der Waals surface area contributed by atoms with E-state index in [1.54, 1.807) is 19.9 Å². The van der Waals surface area contributed by atoms with E-state index in [9.17, 15) is 18.7 Å². The van der Waals surface area contributed by atoms with Crippen LogP contribution < -0.4 is 0 Å². The van der Waals surface area contributed by atoms with Crippen LogP contribution >= 0.6 is 23.2 Å². The molecule has 0 radical (unpaired) electrons. The maximum absolute atomic E-state index is 14.0. The molecule has 2 aromatic rings. The summed E-state index contributed by atoms with van der Waals surface area (Å²) in [5.74, 6) is -2.37. The van der Waals surface area contributed by atoms with Crippen LogP contribution in [-0.2, 0) is 27.1 Å². The molecular weight excluding hydrogens is 511 g/mol. The van der Waals surface area contributed by atoms with Gasteiger partial charge in [0, 0.05) is 19.0 Å². The predicted molar refractivity (Wildman–Crippen MR) is 136 cm³/mol. The summed E-state index contributed by atoms with van der Waals surface area (Å²) < 4.78 is 38.7. The number of hydrogen-bond acceptors (Lipinski definition) is 5. The highest BCUT2D eigenvalue weighted by molar-refractivity contribution is 6.42. The fourth-order valence-corrected chi connectivity index (χ4v) is 4.96. The zero-order chi connectivity index (χ0) is 26.2. The van der Waals surface area contributed by atoms with Crippen LogP contribution in [0.15, 0.2) is 30.3 Å². The van der Waals surface area contributed by atoms with Gasteiger partial charge in [0.15, 0.2) is 11.6 Å². The van der Waals surface area contributed by atoms with Gasteiger partial charge in [-0.05, 0) is 87.0 Å². The largest absolute Gasteiger partial charge is 0.466 e. The first kappa shape index (κ1) is 28.8. The number of nitrogens with zero attached hydrogens (tertiary/aromatic N) is 1. The molecule has 1 N–H and O–H groups in total. The Morgan fingerprint density at radius 3 is 2.67 bits per heavy atom. The Bertz CT molecular complexity index is 1040. The van der Waals surface area contributed by atoms with Crippen molar-refractivity contribution in [2.45, 2.75) is 64.2 Å². The average molecular weight is 544 g/mol. The minimum Gasteiger partial charge on any atom is -0.466 e. The molecule has 5 nitrogen and oxygen atoms in total. The molecule has 0 aliphatic carbocycles. The van der Waals surface area contributed by atoms with Crippen LogP contribution in [0.25, 0.3) is 0 Å². The number of aryl methyl sites for hydroxylation is 1. The van der Waals surface area contributed by atoms with Gasteiger partial charge < -0.3 is 14.6 Å². The third kappa shape index (κ3) is 8.12. The van der Waals surface area contributed by atoms with Crippen LogP contribution in [0.4, 0.5) is 8.78 Å². The van der Waals surface area contributed by atoms with E-state index >= 15 is 0 Å². The maximum Gasteiger partial charge on any atom is 0.306 e. The molecule has 0 amide bonds. The molecule has 2 aromatic carbocycles. The number of likely N-dealkylation sites (tertiary alicyclic amines) is 1. The molecule has 1 unspecified atom stereocenters. The molecule has 9 heteroatoms. The summed E-state index contributed by atoms with van der Waals surface area (Å²) in [7, 11) is 0. The first-order valence-corrected chi connectivity index (χ1v) is 13.0. The van der Waals surface area contributed by atoms with Crippen molar-refractivity contribution < 1.29 is 28.2 Å². The van der Waals surface area contributed by atoms with Crippen molar-refractivity contribution in [3.05, 3.63) is 68.7 Å². The van der Waals surface area contributed by atoms with Gasteiger partial charge in [-0.3, -0.25) is 9.69 Å². The number of aliphatic hydroxyl groups excluding tert-OH is 1. The minimum atomic E-state index is -0.983. The van der Waals surface area contributed by atoms with Crippen LogP contribution in [0, 0.1) is 11.6 Å². The third-order valence-corrected chi connectivity index (χ3v) is 7.20. The first-order chi connectivity index (χ1) is 17.2. The monoisotopic (exact) mass is 543 g/mol. The average Bonchev–Trinajstić information content (AvgIpc) is 3.26. The zero-order valence-electron chi connectivity index (χ0n) is 20.6. The van der Waals surface area contributed by atoms with E-state index in [0.717, 1.165) is 43.5 Å². The molecule has 0 bridgehead atoms. The van der Waals surface area contributed by atoms with E-state index in [2.05, 4.69) is 4.90 Å². The number of benzene rings is 2. The maximum atomic E-state index is 14.0. The molecule has 1 aliphatic heterocycles. The quantitative estimate of drug-likeness (QED) is 0.337. The number of esters is 1. The lowest BCUT2D eigenvalue weighted by atomic mass is 9.98. The highest BCUT2D eigenvalue weighted by atomic mass is 35.5. The fraction of sp³-hybridized carbons (Fsp3) is 0.519. The van der Waals surface area contributed by atoms with E-state index in [1.165, 1.54) is 0 Å². The Labute approximate surface area is 221 Å². The topological polar surface area (TPSA) is 59.0 Å². The zero-order valence-corrected chi connectivity index (χ0v) is 22.1. The number of halogens is 4. The van der Waals surface area contributed by atoms with Crippen LogP contribution in [0.5, 0.6) is 0 Å². The second kappa shape index (κ2) is 13.7. The Morgan fingerprint density at radius 2 is 1.94 bits per heavy atom. The standard InChI is InChI=1S/C27H33Cl2F2NO4/c1-3-35-27(34)9-7-19-13-25(30)26(31)14-22(19)17(2)36-16-21(33)15-32-10-4-5-20(32)11-18-6-8-23(28)24(29)12-18/h6,8,12-14,17,20-21,33H,3-5,7,9-11,15-16H2,1-2H3/t17?,20-,21+/m0/s1. The molecule has 0 aromatic heterocycles. The Balaban J connectivity index is 1.56. The molecule has 1 heterocycles. The van der Waals surface area contributed by atoms with Gasteiger partial charge in [0.1, 0.15) is 0 Å².